The van der Waals surface area contributed by atoms with Gasteiger partial charge < -0.3 is 15.0 Å². The van der Waals surface area contributed by atoms with Gasteiger partial charge >= 0.3 is 6.18 Å². The Hall–Kier alpha value is -2.99. The number of methoxy groups -OCH3 is 1. The van der Waals surface area contributed by atoms with Crippen LogP contribution in [-0.2, 0) is 32.3 Å². The van der Waals surface area contributed by atoms with Crippen LogP contribution in [0.2, 0.25) is 5.02 Å². The number of hydrogen-bond acceptors (Lipinski definition) is 5. The number of hydrogen-bond donors (Lipinski definition) is 1. The van der Waals surface area contributed by atoms with Gasteiger partial charge in [0, 0.05) is 12.1 Å². The second-order valence-electron chi connectivity index (χ2n) is 9.96. The lowest BCUT2D eigenvalue weighted by Crippen LogP contribution is -2.55. The zero-order valence-electron chi connectivity index (χ0n) is 22.6. The van der Waals surface area contributed by atoms with E-state index >= 15 is 0 Å². The highest BCUT2D eigenvalue weighted by Gasteiger charge is 2.36. The molecule has 0 saturated carbocycles. The zero-order chi connectivity index (χ0) is 29.8. The highest BCUT2D eigenvalue weighted by molar-refractivity contribution is 7.92. The Labute approximate surface area is 232 Å². The van der Waals surface area contributed by atoms with Crippen molar-refractivity contribution in [2.75, 3.05) is 24.2 Å². The number of alkyl halides is 3. The lowest BCUT2D eigenvalue weighted by atomic mass is 10.1. The third-order valence-corrected chi connectivity index (χ3v) is 7.09. The second-order valence-corrected chi connectivity index (χ2v) is 12.3. The summed E-state index contributed by atoms with van der Waals surface area (Å²) < 4.78 is 71.5. The van der Waals surface area contributed by atoms with Gasteiger partial charge in [0.25, 0.3) is 0 Å². The smallest absolute Gasteiger partial charge is 0.417 e. The van der Waals surface area contributed by atoms with Crippen molar-refractivity contribution >= 4 is 39.1 Å². The Morgan fingerprint density at radius 1 is 1.08 bits per heavy atom. The van der Waals surface area contributed by atoms with Crippen LogP contribution in [0.5, 0.6) is 5.75 Å². The molecule has 0 radical (unpaired) electrons. The highest BCUT2D eigenvalue weighted by Crippen LogP contribution is 2.37. The minimum atomic E-state index is -4.85. The van der Waals surface area contributed by atoms with Gasteiger partial charge in [-0.15, -0.1) is 0 Å². The van der Waals surface area contributed by atoms with E-state index in [-0.39, 0.29) is 18.7 Å². The van der Waals surface area contributed by atoms with Crippen molar-refractivity contribution in [3.8, 4) is 5.75 Å². The molecule has 8 nitrogen and oxygen atoms in total. The summed E-state index contributed by atoms with van der Waals surface area (Å²) in [5.41, 5.74) is -1.62. The van der Waals surface area contributed by atoms with Crippen LogP contribution in [0.25, 0.3) is 0 Å². The first kappa shape index (κ1) is 32.2. The van der Waals surface area contributed by atoms with E-state index in [4.69, 9.17) is 16.3 Å². The summed E-state index contributed by atoms with van der Waals surface area (Å²) in [4.78, 5) is 28.1. The molecular weight excluding hydrogens is 559 g/mol. The molecule has 13 heteroatoms. The van der Waals surface area contributed by atoms with Crippen molar-refractivity contribution in [2.24, 2.45) is 0 Å². The van der Waals surface area contributed by atoms with Gasteiger partial charge in [0.1, 0.15) is 18.3 Å². The third-order valence-electron chi connectivity index (χ3n) is 5.62. The SMILES string of the molecule is CC[C@@H](C(=O)NC(C)(C)C)N(Cc1ccc(OC)cc1)C(=O)CN(c1ccc(Cl)c(C(F)(F)F)c1)S(C)(=O)=O. The van der Waals surface area contributed by atoms with Gasteiger partial charge in [0.2, 0.25) is 21.8 Å². The van der Waals surface area contributed by atoms with E-state index in [2.05, 4.69) is 5.32 Å². The molecule has 2 rings (SSSR count). The lowest BCUT2D eigenvalue weighted by molar-refractivity contribution is -0.141. The summed E-state index contributed by atoms with van der Waals surface area (Å²) in [5.74, 6) is -0.667. The number of sulfonamides is 1. The quantitative estimate of drug-likeness (QED) is 0.426. The van der Waals surface area contributed by atoms with Crippen LogP contribution in [0, 0.1) is 0 Å². The van der Waals surface area contributed by atoms with E-state index in [1.165, 1.54) is 12.0 Å². The molecular formula is C26H33ClF3N3O5S. The zero-order valence-corrected chi connectivity index (χ0v) is 24.2. The van der Waals surface area contributed by atoms with Gasteiger partial charge in [-0.25, -0.2) is 8.42 Å². The number of amides is 2. The predicted octanol–water partition coefficient (Wildman–Crippen LogP) is 4.86. The van der Waals surface area contributed by atoms with Crippen molar-refractivity contribution in [1.82, 2.24) is 10.2 Å². The molecule has 39 heavy (non-hydrogen) atoms. The summed E-state index contributed by atoms with van der Waals surface area (Å²) >= 11 is 5.70. The van der Waals surface area contributed by atoms with Crippen LogP contribution in [0.1, 0.15) is 45.2 Å². The van der Waals surface area contributed by atoms with Crippen molar-refractivity contribution in [3.05, 3.63) is 58.6 Å². The summed E-state index contributed by atoms with van der Waals surface area (Å²) in [6, 6.07) is 8.32. The molecule has 0 aliphatic carbocycles. The van der Waals surface area contributed by atoms with Gasteiger partial charge in [-0.05, 0) is 63.1 Å². The Kier molecular flexibility index (Phi) is 10.3. The van der Waals surface area contributed by atoms with E-state index in [1.807, 2.05) is 0 Å². The molecule has 216 valence electrons. The number of nitrogens with zero attached hydrogens (tertiary/aromatic N) is 2. The maximum Gasteiger partial charge on any atom is 0.417 e. The molecule has 0 unspecified atom stereocenters. The van der Waals surface area contributed by atoms with Gasteiger partial charge in [-0.2, -0.15) is 13.2 Å². The normalized spacial score (nSPS) is 13.0. The van der Waals surface area contributed by atoms with Crippen LogP contribution in [0.4, 0.5) is 18.9 Å². The Bertz CT molecular complexity index is 1280. The fourth-order valence-corrected chi connectivity index (χ4v) is 4.87. The second kappa shape index (κ2) is 12.5. The van der Waals surface area contributed by atoms with E-state index in [0.717, 1.165) is 18.4 Å². The first-order chi connectivity index (χ1) is 17.9. The number of ether oxygens (including phenoxy) is 1. The number of rotatable bonds is 10. The van der Waals surface area contributed by atoms with Crippen LogP contribution in [0.15, 0.2) is 42.5 Å². The molecule has 0 fully saturated rings. The van der Waals surface area contributed by atoms with Gasteiger partial charge in [0.15, 0.2) is 0 Å². The Morgan fingerprint density at radius 2 is 1.67 bits per heavy atom. The van der Waals surface area contributed by atoms with Crippen LogP contribution >= 0.6 is 11.6 Å². The first-order valence-electron chi connectivity index (χ1n) is 12.0. The van der Waals surface area contributed by atoms with Crippen LogP contribution in [-0.4, -0.2) is 56.6 Å². The standard InChI is InChI=1S/C26H33ClF3N3O5S/c1-7-22(24(35)31-25(2,3)4)32(15-17-8-11-19(38-5)12-9-17)23(34)16-33(39(6,36)37)18-10-13-21(27)20(14-18)26(28,29)30/h8-14,22H,7,15-16H2,1-6H3,(H,31,35)/t22-/m0/s1. The van der Waals surface area contributed by atoms with Crippen molar-refractivity contribution in [3.63, 3.8) is 0 Å². The molecule has 0 bridgehead atoms. The number of nitrogens with one attached hydrogen (secondary N) is 1. The Morgan fingerprint density at radius 3 is 2.13 bits per heavy atom. The van der Waals surface area contributed by atoms with Gasteiger partial charge in [-0.3, -0.25) is 13.9 Å². The molecule has 0 aliphatic rings. The average Bonchev–Trinajstić information content (AvgIpc) is 2.80. The average molecular weight is 592 g/mol. The number of anilines is 1. The van der Waals surface area contributed by atoms with Crippen LogP contribution in [0.3, 0.4) is 0 Å². The number of benzene rings is 2. The van der Waals surface area contributed by atoms with Gasteiger partial charge in [-0.1, -0.05) is 30.7 Å². The molecule has 1 atom stereocenters. The minimum Gasteiger partial charge on any atom is -0.497 e. The predicted molar refractivity (Wildman–Crippen MR) is 144 cm³/mol. The highest BCUT2D eigenvalue weighted by atomic mass is 35.5. The summed E-state index contributed by atoms with van der Waals surface area (Å²) in [6.45, 7) is 6.12. The molecule has 0 saturated heterocycles. The Balaban J connectivity index is 2.54. The van der Waals surface area contributed by atoms with Crippen molar-refractivity contribution in [2.45, 2.75) is 58.4 Å². The largest absolute Gasteiger partial charge is 0.497 e. The van der Waals surface area contributed by atoms with Crippen molar-refractivity contribution < 1.29 is 35.9 Å². The van der Waals surface area contributed by atoms with E-state index in [0.29, 0.717) is 21.7 Å². The molecule has 2 aromatic carbocycles. The fourth-order valence-electron chi connectivity index (χ4n) is 3.80. The number of carbonyl (C=O) groups excluding carboxylic acids is 2. The summed E-state index contributed by atoms with van der Waals surface area (Å²) in [7, 11) is -2.73. The lowest BCUT2D eigenvalue weighted by Gasteiger charge is -2.34. The maximum atomic E-state index is 13.7. The monoisotopic (exact) mass is 591 g/mol. The topological polar surface area (TPSA) is 96.0 Å². The van der Waals surface area contributed by atoms with E-state index < -0.39 is 56.7 Å². The van der Waals surface area contributed by atoms with Crippen molar-refractivity contribution in [1.29, 1.82) is 0 Å². The van der Waals surface area contributed by atoms with E-state index in [9.17, 15) is 31.2 Å². The molecule has 2 aromatic rings. The molecule has 0 aromatic heterocycles. The summed E-state index contributed by atoms with van der Waals surface area (Å²) in [6.07, 6.45) is -3.87. The molecule has 0 aliphatic heterocycles. The fraction of sp³-hybridized carbons (Fsp3) is 0.462. The molecule has 0 heterocycles. The number of carbonyl (C=O) groups is 2. The summed E-state index contributed by atoms with van der Waals surface area (Å²) in [5, 5.41) is 2.22. The molecule has 1 N–H and O–H groups in total. The van der Waals surface area contributed by atoms with Crippen LogP contribution < -0.4 is 14.4 Å². The number of halogens is 4. The molecule has 0 spiro atoms. The van der Waals surface area contributed by atoms with Gasteiger partial charge in [0.05, 0.1) is 29.6 Å². The maximum absolute atomic E-state index is 13.7. The molecule has 2 amide bonds. The minimum absolute atomic E-state index is 0.0646. The van der Waals surface area contributed by atoms with E-state index in [1.54, 1.807) is 52.0 Å². The third kappa shape index (κ3) is 9.03. The first-order valence-corrected chi connectivity index (χ1v) is 14.2.